The number of aryl methyl sites for hydroxylation is 3. The standard InChI is InChI=1S/C25H25N3O2/c1-17-4-7-22(16-27-17)25(30)26-14-2-3-18-5-8-19(9-6-18)20-10-12-23-21(15-20)11-13-24(29)28-23/h4-10,12,15-16H,2-3,11,13-14H2,1H3,(H,26,30)(H,28,29). The second-order valence-electron chi connectivity index (χ2n) is 7.66. The number of nitrogens with one attached hydrogen (secondary N) is 2. The third-order valence-corrected chi connectivity index (χ3v) is 5.39. The SMILES string of the molecule is Cc1ccc(C(=O)NCCCc2ccc(-c3ccc4c(c3)CCC(=O)N4)cc2)cn1. The van der Waals surface area contributed by atoms with E-state index < -0.39 is 0 Å². The van der Waals surface area contributed by atoms with Gasteiger partial charge in [-0.1, -0.05) is 30.3 Å². The molecule has 5 heteroatoms. The van der Waals surface area contributed by atoms with Crippen molar-refractivity contribution >= 4 is 17.5 Å². The average Bonchev–Trinajstić information content (AvgIpc) is 2.77. The number of carbonyl (C=O) groups is 2. The molecule has 0 aliphatic carbocycles. The van der Waals surface area contributed by atoms with E-state index in [1.165, 1.54) is 16.7 Å². The van der Waals surface area contributed by atoms with E-state index in [9.17, 15) is 9.59 Å². The summed E-state index contributed by atoms with van der Waals surface area (Å²) in [6.45, 7) is 2.53. The maximum Gasteiger partial charge on any atom is 0.252 e. The first-order valence-corrected chi connectivity index (χ1v) is 10.3. The number of pyridine rings is 1. The van der Waals surface area contributed by atoms with E-state index in [4.69, 9.17) is 0 Å². The molecule has 30 heavy (non-hydrogen) atoms. The van der Waals surface area contributed by atoms with Crippen LogP contribution < -0.4 is 10.6 Å². The Morgan fingerprint density at radius 2 is 1.83 bits per heavy atom. The lowest BCUT2D eigenvalue weighted by Crippen LogP contribution is -2.24. The summed E-state index contributed by atoms with van der Waals surface area (Å²) in [4.78, 5) is 27.8. The maximum atomic E-state index is 12.1. The molecule has 5 nitrogen and oxygen atoms in total. The van der Waals surface area contributed by atoms with Crippen molar-refractivity contribution in [2.75, 3.05) is 11.9 Å². The van der Waals surface area contributed by atoms with E-state index in [1.54, 1.807) is 12.3 Å². The Morgan fingerprint density at radius 1 is 1.03 bits per heavy atom. The number of aromatic nitrogens is 1. The maximum absolute atomic E-state index is 12.1. The zero-order valence-electron chi connectivity index (χ0n) is 17.1. The van der Waals surface area contributed by atoms with Gasteiger partial charge in [0.2, 0.25) is 5.91 Å². The highest BCUT2D eigenvalue weighted by Crippen LogP contribution is 2.29. The predicted molar refractivity (Wildman–Crippen MR) is 118 cm³/mol. The van der Waals surface area contributed by atoms with Crippen molar-refractivity contribution in [3.8, 4) is 11.1 Å². The van der Waals surface area contributed by atoms with Gasteiger partial charge >= 0.3 is 0 Å². The second-order valence-corrected chi connectivity index (χ2v) is 7.66. The lowest BCUT2D eigenvalue weighted by atomic mass is 9.96. The molecule has 2 aromatic carbocycles. The number of carbonyl (C=O) groups excluding carboxylic acids is 2. The molecule has 0 atom stereocenters. The number of hydrogen-bond donors (Lipinski definition) is 2. The molecule has 0 saturated heterocycles. The normalized spacial score (nSPS) is 12.8. The van der Waals surface area contributed by atoms with Gasteiger partial charge in [0.25, 0.3) is 5.91 Å². The number of nitrogens with zero attached hydrogens (tertiary/aromatic N) is 1. The smallest absolute Gasteiger partial charge is 0.252 e. The van der Waals surface area contributed by atoms with Crippen LogP contribution in [0, 0.1) is 6.92 Å². The third-order valence-electron chi connectivity index (χ3n) is 5.39. The van der Waals surface area contributed by atoms with E-state index in [0.29, 0.717) is 18.5 Å². The summed E-state index contributed by atoms with van der Waals surface area (Å²) >= 11 is 0. The largest absolute Gasteiger partial charge is 0.352 e. The Balaban J connectivity index is 1.29. The van der Waals surface area contributed by atoms with Gasteiger partial charge in [-0.2, -0.15) is 0 Å². The summed E-state index contributed by atoms with van der Waals surface area (Å²) in [6.07, 6.45) is 4.73. The zero-order chi connectivity index (χ0) is 20.9. The fourth-order valence-corrected chi connectivity index (χ4v) is 3.63. The van der Waals surface area contributed by atoms with Gasteiger partial charge in [-0.3, -0.25) is 14.6 Å². The number of benzene rings is 2. The minimum Gasteiger partial charge on any atom is -0.352 e. The molecule has 2 amide bonds. The van der Waals surface area contributed by atoms with Crippen LogP contribution in [0.3, 0.4) is 0 Å². The van der Waals surface area contributed by atoms with E-state index in [2.05, 4.69) is 52.0 Å². The molecular formula is C25H25N3O2. The number of amides is 2. The first-order valence-electron chi connectivity index (χ1n) is 10.3. The van der Waals surface area contributed by atoms with Crippen molar-refractivity contribution in [3.63, 3.8) is 0 Å². The van der Waals surface area contributed by atoms with E-state index in [1.807, 2.05) is 19.1 Å². The predicted octanol–water partition coefficient (Wildman–Crippen LogP) is 4.30. The fourth-order valence-electron chi connectivity index (χ4n) is 3.63. The summed E-state index contributed by atoms with van der Waals surface area (Å²) in [6, 6.07) is 18.4. The highest BCUT2D eigenvalue weighted by Gasteiger charge is 2.15. The van der Waals surface area contributed by atoms with Crippen LogP contribution in [-0.2, 0) is 17.6 Å². The molecule has 0 unspecified atom stereocenters. The Hall–Kier alpha value is -3.47. The van der Waals surface area contributed by atoms with Gasteiger partial charge in [-0.05, 0) is 72.7 Å². The van der Waals surface area contributed by atoms with Crippen LogP contribution in [0.15, 0.2) is 60.8 Å². The Labute approximate surface area is 176 Å². The van der Waals surface area contributed by atoms with Crippen molar-refractivity contribution in [1.82, 2.24) is 10.3 Å². The van der Waals surface area contributed by atoms with Gasteiger partial charge in [-0.25, -0.2) is 0 Å². The summed E-state index contributed by atoms with van der Waals surface area (Å²) in [5.74, 6) is 0.00720. The first-order chi connectivity index (χ1) is 14.6. The van der Waals surface area contributed by atoms with Gasteiger partial charge < -0.3 is 10.6 Å². The number of fused-ring (bicyclic) bond motifs is 1. The Kier molecular flexibility index (Phi) is 5.89. The van der Waals surface area contributed by atoms with Crippen LogP contribution in [0.5, 0.6) is 0 Å². The zero-order valence-corrected chi connectivity index (χ0v) is 17.1. The third kappa shape index (κ3) is 4.74. The Morgan fingerprint density at radius 3 is 2.60 bits per heavy atom. The van der Waals surface area contributed by atoms with Crippen molar-refractivity contribution in [2.24, 2.45) is 0 Å². The molecule has 0 radical (unpaired) electrons. The number of hydrogen-bond acceptors (Lipinski definition) is 3. The fraction of sp³-hybridized carbons (Fsp3) is 0.240. The molecule has 1 aliphatic rings. The molecule has 152 valence electrons. The summed E-state index contributed by atoms with van der Waals surface area (Å²) < 4.78 is 0. The molecule has 0 spiro atoms. The van der Waals surface area contributed by atoms with Crippen molar-refractivity contribution in [1.29, 1.82) is 0 Å². The molecule has 2 N–H and O–H groups in total. The van der Waals surface area contributed by atoms with E-state index >= 15 is 0 Å². The van der Waals surface area contributed by atoms with Gasteiger partial charge in [-0.15, -0.1) is 0 Å². The summed E-state index contributed by atoms with van der Waals surface area (Å²) in [5.41, 5.74) is 7.18. The minimum atomic E-state index is -0.0820. The quantitative estimate of drug-likeness (QED) is 0.607. The van der Waals surface area contributed by atoms with Crippen LogP contribution in [0.2, 0.25) is 0 Å². The second kappa shape index (κ2) is 8.91. The van der Waals surface area contributed by atoms with Crippen molar-refractivity contribution < 1.29 is 9.59 Å². The van der Waals surface area contributed by atoms with Crippen LogP contribution in [0.1, 0.15) is 40.0 Å². The van der Waals surface area contributed by atoms with E-state index in [0.717, 1.165) is 36.2 Å². The average molecular weight is 399 g/mol. The molecule has 0 saturated carbocycles. The lowest BCUT2D eigenvalue weighted by Gasteiger charge is -2.17. The van der Waals surface area contributed by atoms with Gasteiger partial charge in [0.05, 0.1) is 5.56 Å². The van der Waals surface area contributed by atoms with Crippen molar-refractivity contribution in [2.45, 2.75) is 32.6 Å². The van der Waals surface area contributed by atoms with Crippen LogP contribution in [-0.4, -0.2) is 23.3 Å². The van der Waals surface area contributed by atoms with Crippen LogP contribution >= 0.6 is 0 Å². The number of rotatable bonds is 6. The molecule has 1 aliphatic heterocycles. The molecular weight excluding hydrogens is 374 g/mol. The van der Waals surface area contributed by atoms with E-state index in [-0.39, 0.29) is 11.8 Å². The highest BCUT2D eigenvalue weighted by molar-refractivity contribution is 5.94. The van der Waals surface area contributed by atoms with Crippen molar-refractivity contribution in [3.05, 3.63) is 83.2 Å². The molecule has 1 aromatic heterocycles. The number of anilines is 1. The minimum absolute atomic E-state index is 0.0820. The van der Waals surface area contributed by atoms with Crippen LogP contribution in [0.4, 0.5) is 5.69 Å². The summed E-state index contributed by atoms with van der Waals surface area (Å²) in [5, 5.41) is 5.87. The first kappa shape index (κ1) is 19.8. The lowest BCUT2D eigenvalue weighted by molar-refractivity contribution is -0.116. The van der Waals surface area contributed by atoms with Gasteiger partial charge in [0.1, 0.15) is 0 Å². The van der Waals surface area contributed by atoms with Gasteiger partial charge in [0.15, 0.2) is 0 Å². The molecule has 3 aromatic rings. The Bertz CT molecular complexity index is 1060. The molecule has 0 fully saturated rings. The van der Waals surface area contributed by atoms with Gasteiger partial charge in [0, 0.05) is 30.5 Å². The molecule has 0 bridgehead atoms. The molecule has 2 heterocycles. The van der Waals surface area contributed by atoms with Crippen LogP contribution in [0.25, 0.3) is 11.1 Å². The topological polar surface area (TPSA) is 71.1 Å². The monoisotopic (exact) mass is 399 g/mol. The highest BCUT2D eigenvalue weighted by atomic mass is 16.2. The molecule has 4 rings (SSSR count). The summed E-state index contributed by atoms with van der Waals surface area (Å²) in [7, 11) is 0.